The Morgan fingerprint density at radius 2 is 1.95 bits per heavy atom. The number of nitrogens with one attached hydrogen (secondary N) is 1. The summed E-state index contributed by atoms with van der Waals surface area (Å²) >= 11 is 0. The van der Waals surface area contributed by atoms with Gasteiger partial charge in [0.05, 0.1) is 6.61 Å². The second kappa shape index (κ2) is 10.2. The van der Waals surface area contributed by atoms with Crippen LogP contribution in [0, 0.1) is 0 Å². The van der Waals surface area contributed by atoms with Gasteiger partial charge < -0.3 is 10.4 Å². The molecule has 0 saturated heterocycles. The van der Waals surface area contributed by atoms with Crippen LogP contribution in [0.15, 0.2) is 60.3 Å². The maximum Gasteiger partial charge on any atom is 0.0702 e. The predicted octanol–water partition coefficient (Wildman–Crippen LogP) is 4.65. The Bertz CT molecular complexity index is 444. The minimum absolute atomic E-state index is 0.0321. The van der Waals surface area contributed by atoms with E-state index in [0.717, 1.165) is 22.5 Å². The fraction of sp³-hybridized carbons (Fsp3) is 0.294. The van der Waals surface area contributed by atoms with Crippen LogP contribution in [-0.4, -0.2) is 5.11 Å². The first-order valence-corrected chi connectivity index (χ1v) is 6.64. The predicted molar refractivity (Wildman–Crippen MR) is 85.0 cm³/mol. The molecule has 0 unspecified atom stereocenters. The number of aliphatic hydroxyl groups excluding tert-OH is 1. The van der Waals surface area contributed by atoms with E-state index in [1.807, 2.05) is 70.2 Å². The van der Waals surface area contributed by atoms with Crippen LogP contribution in [0.2, 0.25) is 0 Å². The third-order valence-corrected chi connectivity index (χ3v) is 2.48. The topological polar surface area (TPSA) is 32.3 Å². The summed E-state index contributed by atoms with van der Waals surface area (Å²) in [4.78, 5) is 0. The first kappa shape index (κ1) is 17.2. The van der Waals surface area contributed by atoms with Crippen LogP contribution in [0.4, 0.5) is 5.69 Å². The highest BCUT2D eigenvalue weighted by Gasteiger charge is 2.00. The van der Waals surface area contributed by atoms with Gasteiger partial charge in [-0.2, -0.15) is 0 Å². The van der Waals surface area contributed by atoms with Gasteiger partial charge in [-0.1, -0.05) is 50.8 Å². The summed E-state index contributed by atoms with van der Waals surface area (Å²) in [5.41, 5.74) is 3.89. The van der Waals surface area contributed by atoms with E-state index in [1.54, 1.807) is 0 Å². The Hall–Kier alpha value is -1.80. The van der Waals surface area contributed by atoms with Gasteiger partial charge in [-0.05, 0) is 31.6 Å². The Balaban J connectivity index is 0.00000154. The quantitative estimate of drug-likeness (QED) is 0.754. The maximum atomic E-state index is 9.24. The summed E-state index contributed by atoms with van der Waals surface area (Å²) in [5.74, 6) is 0. The van der Waals surface area contributed by atoms with Crippen LogP contribution in [0.1, 0.15) is 33.3 Å². The smallest absolute Gasteiger partial charge is 0.0702 e. The molecule has 1 aromatic carbocycles. The number of para-hydroxylation sites is 1. The molecule has 2 N–H and O–H groups in total. The lowest BCUT2D eigenvalue weighted by Gasteiger charge is -2.11. The molecule has 0 aliphatic carbocycles. The van der Waals surface area contributed by atoms with Crippen molar-refractivity contribution >= 4 is 5.69 Å². The van der Waals surface area contributed by atoms with Gasteiger partial charge in [-0.15, -0.1) is 0 Å². The van der Waals surface area contributed by atoms with Crippen molar-refractivity contribution in [2.45, 2.75) is 34.3 Å². The average Bonchev–Trinajstić information content (AvgIpc) is 2.48. The van der Waals surface area contributed by atoms with Crippen LogP contribution in [-0.2, 0) is 6.61 Å². The largest absolute Gasteiger partial charge is 0.392 e. The lowest BCUT2D eigenvalue weighted by molar-refractivity contribution is 0.282. The maximum absolute atomic E-state index is 9.24. The first-order valence-electron chi connectivity index (χ1n) is 6.64. The Morgan fingerprint density at radius 3 is 2.47 bits per heavy atom. The SMILES string of the molecule is C=C/C(C)=C\C(=C/C)Nc1ccccc1CO.CC. The standard InChI is InChI=1S/C15H19NO.C2H6/c1-4-12(3)10-14(5-2)16-15-9-7-6-8-13(15)11-17;1-2/h4-10,16-17H,1,11H2,2-3H3;1-2H3/b12-10-,14-5+;. The monoisotopic (exact) mass is 259 g/mol. The van der Waals surface area contributed by atoms with Crippen molar-refractivity contribution in [1.82, 2.24) is 0 Å². The molecular formula is C17H25NO. The average molecular weight is 259 g/mol. The van der Waals surface area contributed by atoms with Gasteiger partial charge in [-0.25, -0.2) is 0 Å². The number of allylic oxidation sites excluding steroid dienone is 4. The van der Waals surface area contributed by atoms with E-state index in [2.05, 4.69) is 11.9 Å². The molecule has 2 nitrogen and oxygen atoms in total. The fourth-order valence-corrected chi connectivity index (χ4v) is 1.43. The van der Waals surface area contributed by atoms with Crippen molar-refractivity contribution < 1.29 is 5.11 Å². The molecule has 0 aliphatic rings. The molecule has 0 heterocycles. The lowest BCUT2D eigenvalue weighted by atomic mass is 10.1. The van der Waals surface area contributed by atoms with Gasteiger partial charge in [0.15, 0.2) is 0 Å². The molecule has 0 radical (unpaired) electrons. The highest BCUT2D eigenvalue weighted by Crippen LogP contribution is 2.18. The van der Waals surface area contributed by atoms with Crippen LogP contribution in [0.3, 0.4) is 0 Å². The van der Waals surface area contributed by atoms with E-state index < -0.39 is 0 Å². The number of anilines is 1. The second-order valence-electron chi connectivity index (χ2n) is 3.78. The zero-order chi connectivity index (χ0) is 14.7. The summed E-state index contributed by atoms with van der Waals surface area (Å²) in [7, 11) is 0. The van der Waals surface area contributed by atoms with Crippen LogP contribution >= 0.6 is 0 Å². The zero-order valence-corrected chi connectivity index (χ0v) is 12.4. The number of hydrogen-bond acceptors (Lipinski definition) is 2. The third kappa shape index (κ3) is 6.07. The van der Waals surface area contributed by atoms with Crippen LogP contribution in [0.25, 0.3) is 0 Å². The van der Waals surface area contributed by atoms with Gasteiger partial charge in [0.25, 0.3) is 0 Å². The van der Waals surface area contributed by atoms with Crippen molar-refractivity contribution in [3.8, 4) is 0 Å². The van der Waals surface area contributed by atoms with Gasteiger partial charge in [0.2, 0.25) is 0 Å². The minimum Gasteiger partial charge on any atom is -0.392 e. The highest BCUT2D eigenvalue weighted by molar-refractivity contribution is 5.56. The van der Waals surface area contributed by atoms with E-state index in [0.29, 0.717) is 0 Å². The molecule has 0 aliphatic heterocycles. The lowest BCUT2D eigenvalue weighted by Crippen LogP contribution is -2.00. The molecule has 0 amide bonds. The Labute approximate surface area is 117 Å². The summed E-state index contributed by atoms with van der Waals surface area (Å²) in [6.07, 6.45) is 5.81. The summed E-state index contributed by atoms with van der Waals surface area (Å²) in [5, 5.41) is 12.5. The van der Waals surface area contributed by atoms with Crippen molar-refractivity contribution in [3.05, 3.63) is 65.9 Å². The van der Waals surface area contributed by atoms with E-state index in [1.165, 1.54) is 0 Å². The minimum atomic E-state index is 0.0321. The summed E-state index contributed by atoms with van der Waals surface area (Å²) in [6, 6.07) is 7.71. The second-order valence-corrected chi connectivity index (χ2v) is 3.78. The number of rotatable bonds is 5. The van der Waals surface area contributed by atoms with Gasteiger partial charge >= 0.3 is 0 Å². The molecule has 0 atom stereocenters. The zero-order valence-electron chi connectivity index (χ0n) is 12.4. The van der Waals surface area contributed by atoms with Crippen molar-refractivity contribution in [3.63, 3.8) is 0 Å². The number of hydrogen-bond donors (Lipinski definition) is 2. The molecule has 0 fully saturated rings. The molecule has 0 bridgehead atoms. The van der Waals surface area contributed by atoms with E-state index >= 15 is 0 Å². The van der Waals surface area contributed by atoms with Gasteiger partial charge in [0, 0.05) is 16.9 Å². The van der Waals surface area contributed by atoms with Crippen LogP contribution < -0.4 is 5.32 Å². The number of aliphatic hydroxyl groups is 1. The fourth-order valence-electron chi connectivity index (χ4n) is 1.43. The normalized spacial score (nSPS) is 11.4. The van der Waals surface area contributed by atoms with Crippen molar-refractivity contribution in [2.24, 2.45) is 0 Å². The molecule has 0 aromatic heterocycles. The highest BCUT2D eigenvalue weighted by atomic mass is 16.3. The van der Waals surface area contributed by atoms with Crippen LogP contribution in [0.5, 0.6) is 0 Å². The number of benzene rings is 1. The summed E-state index contributed by atoms with van der Waals surface area (Å²) < 4.78 is 0. The first-order chi connectivity index (χ1) is 9.21. The van der Waals surface area contributed by atoms with E-state index in [4.69, 9.17) is 0 Å². The Morgan fingerprint density at radius 1 is 1.32 bits per heavy atom. The summed E-state index contributed by atoms with van der Waals surface area (Å²) in [6.45, 7) is 11.7. The molecule has 104 valence electrons. The molecule has 19 heavy (non-hydrogen) atoms. The Kier molecular flexibility index (Phi) is 9.19. The van der Waals surface area contributed by atoms with E-state index in [-0.39, 0.29) is 6.61 Å². The molecule has 1 aromatic rings. The van der Waals surface area contributed by atoms with Crippen molar-refractivity contribution in [1.29, 1.82) is 0 Å². The van der Waals surface area contributed by atoms with Crippen molar-refractivity contribution in [2.75, 3.05) is 5.32 Å². The van der Waals surface area contributed by atoms with E-state index in [9.17, 15) is 5.11 Å². The molecule has 0 saturated carbocycles. The van der Waals surface area contributed by atoms with Gasteiger partial charge in [-0.3, -0.25) is 0 Å². The third-order valence-electron chi connectivity index (χ3n) is 2.48. The molecular weight excluding hydrogens is 234 g/mol. The molecule has 0 spiro atoms. The molecule has 1 rings (SSSR count). The molecule has 2 heteroatoms. The van der Waals surface area contributed by atoms with Gasteiger partial charge in [0.1, 0.15) is 0 Å².